The van der Waals surface area contributed by atoms with Crippen LogP contribution in [0.2, 0.25) is 0 Å². The standard InChI is InChI=1S/C70H127N2O7P/c1-7-10-13-16-19-22-25-28-30-31-32-33-34-35-36-37-38-39-40-41-43-44-47-50-53-56-59-62-69(73)71-67(66-78-80(75,76)77-65-64-72(4,5)6)68(61-58-55-52-49-46-27-24-21-18-15-12-9-3)79-70(74)63-60-57-54-51-48-45-42-29-26-23-20-17-14-11-8-2/h10,13,19,22,28,30,32-33,35-36,38-39,58,61,67-68H,7-9,11-12,14-18,20-21,23-27,29,31,34,37,40-57,59-60,62-66H2,1-6H3,(H-,71,73,75,76)/p+1/b13-10-,22-19-,30-28-,33-32-,36-35-,39-38-,61-58-. The number of hydrogen-bond donors (Lipinski definition) is 2. The molecule has 0 bridgehead atoms. The van der Waals surface area contributed by atoms with Crippen LogP contribution in [0.25, 0.3) is 0 Å². The average Bonchev–Trinajstić information content (AvgIpc) is 3.42. The molecular weight excluding hydrogens is 1010 g/mol. The van der Waals surface area contributed by atoms with Crippen LogP contribution in [0.15, 0.2) is 85.1 Å². The molecule has 0 radical (unpaired) electrons. The van der Waals surface area contributed by atoms with Crippen molar-refractivity contribution in [2.45, 2.75) is 309 Å². The highest BCUT2D eigenvalue weighted by Gasteiger charge is 2.30. The van der Waals surface area contributed by atoms with Crippen LogP contribution < -0.4 is 5.32 Å². The van der Waals surface area contributed by atoms with Crippen LogP contribution in [0.1, 0.15) is 297 Å². The van der Waals surface area contributed by atoms with Crippen molar-refractivity contribution in [2.24, 2.45) is 0 Å². The number of unbranched alkanes of at least 4 members (excludes halogenated alkanes) is 32. The van der Waals surface area contributed by atoms with Crippen LogP contribution in [0, 0.1) is 0 Å². The summed E-state index contributed by atoms with van der Waals surface area (Å²) in [7, 11) is 1.49. The molecule has 0 aromatic heterocycles. The van der Waals surface area contributed by atoms with Crippen molar-refractivity contribution in [1.29, 1.82) is 0 Å². The molecule has 0 rings (SSSR count). The predicted molar refractivity (Wildman–Crippen MR) is 346 cm³/mol. The summed E-state index contributed by atoms with van der Waals surface area (Å²) in [6.45, 7) is 6.91. The zero-order chi connectivity index (χ0) is 58.6. The molecule has 0 aliphatic carbocycles. The van der Waals surface area contributed by atoms with E-state index in [1.54, 1.807) is 0 Å². The molecule has 3 unspecified atom stereocenters. The van der Waals surface area contributed by atoms with E-state index in [4.69, 9.17) is 13.8 Å². The van der Waals surface area contributed by atoms with Crippen LogP contribution >= 0.6 is 7.82 Å². The van der Waals surface area contributed by atoms with Gasteiger partial charge in [0.2, 0.25) is 5.91 Å². The number of esters is 1. The van der Waals surface area contributed by atoms with Crippen LogP contribution in [-0.2, 0) is 27.9 Å². The summed E-state index contributed by atoms with van der Waals surface area (Å²) in [6, 6.07) is -0.855. The number of hydrogen-bond acceptors (Lipinski definition) is 6. The van der Waals surface area contributed by atoms with E-state index >= 15 is 0 Å². The third kappa shape index (κ3) is 59.8. The molecule has 0 aromatic rings. The molecule has 1 amide bonds. The Morgan fingerprint density at radius 1 is 0.450 bits per heavy atom. The van der Waals surface area contributed by atoms with Crippen LogP contribution in [0.3, 0.4) is 0 Å². The number of phosphoric ester groups is 1. The van der Waals surface area contributed by atoms with Crippen LogP contribution in [-0.4, -0.2) is 74.3 Å². The maximum Gasteiger partial charge on any atom is 0.472 e. The smallest absolute Gasteiger partial charge is 0.456 e. The molecule has 10 heteroatoms. The Hall–Kier alpha value is -2.81. The minimum absolute atomic E-state index is 0.0368. The monoisotopic (exact) mass is 1140 g/mol. The number of phosphoric acid groups is 1. The van der Waals surface area contributed by atoms with Gasteiger partial charge in [0.25, 0.3) is 0 Å². The van der Waals surface area contributed by atoms with Gasteiger partial charge < -0.3 is 19.4 Å². The molecule has 80 heavy (non-hydrogen) atoms. The van der Waals surface area contributed by atoms with Gasteiger partial charge in [-0.05, 0) is 83.1 Å². The first kappa shape index (κ1) is 77.2. The molecule has 0 saturated carbocycles. The summed E-state index contributed by atoms with van der Waals surface area (Å²) >= 11 is 0. The molecular formula is C70H128N2O7P+. The lowest BCUT2D eigenvalue weighted by Gasteiger charge is -2.27. The second-order valence-electron chi connectivity index (χ2n) is 23.6. The van der Waals surface area contributed by atoms with Crippen molar-refractivity contribution in [3.8, 4) is 0 Å². The van der Waals surface area contributed by atoms with Crippen LogP contribution in [0.4, 0.5) is 0 Å². The highest BCUT2D eigenvalue weighted by molar-refractivity contribution is 7.47. The lowest BCUT2D eigenvalue weighted by Crippen LogP contribution is -2.47. The summed E-state index contributed by atoms with van der Waals surface area (Å²) in [5, 5.41) is 3.06. The van der Waals surface area contributed by atoms with E-state index < -0.39 is 20.0 Å². The van der Waals surface area contributed by atoms with E-state index in [1.807, 2.05) is 33.3 Å². The quantitative estimate of drug-likeness (QED) is 0.0205. The maximum absolute atomic E-state index is 13.6. The van der Waals surface area contributed by atoms with Gasteiger partial charge in [-0.25, -0.2) is 4.57 Å². The second kappa shape index (κ2) is 59.4. The summed E-state index contributed by atoms with van der Waals surface area (Å²) in [5.41, 5.74) is 0. The van der Waals surface area contributed by atoms with Crippen molar-refractivity contribution in [2.75, 3.05) is 40.9 Å². The Balaban J connectivity index is 5.11. The fourth-order valence-corrected chi connectivity index (χ4v) is 10.2. The van der Waals surface area contributed by atoms with E-state index in [0.29, 0.717) is 23.9 Å². The summed E-state index contributed by atoms with van der Waals surface area (Å²) in [5.74, 6) is -0.508. The molecule has 0 aromatic carbocycles. The molecule has 0 aliphatic rings. The van der Waals surface area contributed by atoms with Crippen molar-refractivity contribution in [3.63, 3.8) is 0 Å². The summed E-state index contributed by atoms with van der Waals surface area (Å²) in [4.78, 5) is 37.8. The number of nitrogens with zero attached hydrogens (tertiary/aromatic N) is 1. The van der Waals surface area contributed by atoms with Crippen LogP contribution in [0.5, 0.6) is 0 Å². The van der Waals surface area contributed by atoms with E-state index in [9.17, 15) is 19.0 Å². The van der Waals surface area contributed by atoms with E-state index in [-0.39, 0.29) is 25.1 Å². The number of rotatable bonds is 60. The zero-order valence-electron chi connectivity index (χ0n) is 53.1. The minimum Gasteiger partial charge on any atom is -0.456 e. The largest absolute Gasteiger partial charge is 0.472 e. The summed E-state index contributed by atoms with van der Waals surface area (Å²) in [6.07, 6.45) is 78.7. The fourth-order valence-electron chi connectivity index (χ4n) is 9.47. The number of carbonyl (C=O) groups excluding carboxylic acids is 2. The number of amides is 1. The molecule has 0 heterocycles. The minimum atomic E-state index is -4.45. The van der Waals surface area contributed by atoms with Gasteiger partial charge in [0.05, 0.1) is 33.8 Å². The summed E-state index contributed by atoms with van der Waals surface area (Å²) < 4.78 is 30.7. The van der Waals surface area contributed by atoms with E-state index in [1.165, 1.54) is 154 Å². The van der Waals surface area contributed by atoms with Gasteiger partial charge in [-0.15, -0.1) is 0 Å². The van der Waals surface area contributed by atoms with E-state index in [2.05, 4.69) is 99.0 Å². The van der Waals surface area contributed by atoms with Crippen molar-refractivity contribution in [1.82, 2.24) is 5.32 Å². The van der Waals surface area contributed by atoms with Gasteiger partial charge in [-0.1, -0.05) is 286 Å². The van der Waals surface area contributed by atoms with Gasteiger partial charge in [0.15, 0.2) is 0 Å². The lowest BCUT2D eigenvalue weighted by molar-refractivity contribution is -0.870. The number of allylic oxidation sites excluding steroid dienone is 13. The zero-order valence-corrected chi connectivity index (χ0v) is 54.0. The predicted octanol–water partition coefficient (Wildman–Crippen LogP) is 21.0. The highest BCUT2D eigenvalue weighted by Crippen LogP contribution is 2.43. The Labute approximate surface area is 495 Å². The number of quaternary nitrogens is 1. The van der Waals surface area contributed by atoms with Crippen molar-refractivity contribution in [3.05, 3.63) is 85.1 Å². The SMILES string of the molecule is CC/C=C\C/C=C\C/C=C\C/C=C\C/C=C\C/C=C\CCCCCCCCCCC(=O)NC(COP(=O)(O)OCC[N+](C)(C)C)C(/C=C\CCCCCCCCCCCC)OC(=O)CCCCCCCCCCCCCCCCC. The Morgan fingerprint density at radius 3 is 1.20 bits per heavy atom. The van der Waals surface area contributed by atoms with Crippen molar-refractivity contribution >= 4 is 19.7 Å². The normalized spacial score (nSPS) is 14.1. The number of ether oxygens (including phenoxy) is 1. The number of likely N-dealkylation sites (N-methyl/N-ethyl adjacent to an activating group) is 1. The second-order valence-corrected chi connectivity index (χ2v) is 25.1. The van der Waals surface area contributed by atoms with Gasteiger partial charge in [-0.2, -0.15) is 0 Å². The molecule has 0 spiro atoms. The van der Waals surface area contributed by atoms with E-state index in [0.717, 1.165) is 109 Å². The molecule has 3 atom stereocenters. The Kier molecular flexibility index (Phi) is 57.3. The van der Waals surface area contributed by atoms with Gasteiger partial charge in [0, 0.05) is 12.8 Å². The Bertz CT molecular complexity index is 1640. The first-order valence-corrected chi connectivity index (χ1v) is 34.9. The lowest BCUT2D eigenvalue weighted by atomic mass is 10.0. The number of carbonyl (C=O) groups is 2. The molecule has 2 N–H and O–H groups in total. The topological polar surface area (TPSA) is 111 Å². The Morgan fingerprint density at radius 2 is 0.800 bits per heavy atom. The molecule has 0 aliphatic heterocycles. The molecule has 464 valence electrons. The third-order valence-corrected chi connectivity index (χ3v) is 15.6. The molecule has 9 nitrogen and oxygen atoms in total. The van der Waals surface area contributed by atoms with Crippen molar-refractivity contribution < 1.29 is 37.3 Å². The van der Waals surface area contributed by atoms with Gasteiger partial charge in [-0.3, -0.25) is 18.6 Å². The average molecular weight is 1140 g/mol. The molecule has 0 saturated heterocycles. The fraction of sp³-hybridized carbons (Fsp3) is 0.771. The highest BCUT2D eigenvalue weighted by atomic mass is 31.2. The van der Waals surface area contributed by atoms with Gasteiger partial charge in [0.1, 0.15) is 19.3 Å². The van der Waals surface area contributed by atoms with Gasteiger partial charge >= 0.3 is 13.8 Å². The third-order valence-electron chi connectivity index (χ3n) is 14.6. The first-order chi connectivity index (χ1) is 38.9. The number of nitrogens with one attached hydrogen (secondary N) is 1. The maximum atomic E-state index is 13.6. The first-order valence-electron chi connectivity index (χ1n) is 33.4. The molecule has 0 fully saturated rings.